The second-order valence-corrected chi connectivity index (χ2v) is 2.43. The zero-order valence-corrected chi connectivity index (χ0v) is 7.23. The molecule has 0 amide bonds. The van der Waals surface area contributed by atoms with Crippen molar-refractivity contribution < 1.29 is 19.7 Å². The van der Waals surface area contributed by atoms with Crippen LogP contribution in [0.3, 0.4) is 0 Å². The van der Waals surface area contributed by atoms with Crippen LogP contribution in [0.2, 0.25) is 0 Å². The third-order valence-corrected chi connectivity index (χ3v) is 1.35. The topological polar surface area (TPSA) is 109 Å². The number of aromatic nitrogens is 1. The fraction of sp³-hybridized carbons (Fsp3) is 0.125. The number of ether oxygens (including phenoxy) is 1. The number of carbonyl (C=O) groups excluding carboxylic acids is 1. The molecule has 0 unspecified atom stereocenters. The maximum atomic E-state index is 11.0. The summed E-state index contributed by atoms with van der Waals surface area (Å²) >= 11 is 0. The molecule has 0 aromatic carbocycles. The average Bonchev–Trinajstić information content (AvgIpc) is 2.42. The fourth-order valence-electron chi connectivity index (χ4n) is 0.796. The minimum atomic E-state index is -0.676. The second kappa shape index (κ2) is 4.33. The lowest BCUT2D eigenvalue weighted by Crippen LogP contribution is -2.04. The van der Waals surface area contributed by atoms with Gasteiger partial charge in [-0.25, -0.2) is 4.79 Å². The van der Waals surface area contributed by atoms with Crippen LogP contribution in [0.5, 0.6) is 17.5 Å². The summed E-state index contributed by atoms with van der Waals surface area (Å²) < 4.78 is 4.65. The van der Waals surface area contributed by atoms with Crippen LogP contribution in [0.25, 0.3) is 0 Å². The molecule has 0 aliphatic heterocycles. The van der Waals surface area contributed by atoms with Gasteiger partial charge in [0.25, 0.3) is 0 Å². The van der Waals surface area contributed by atoms with Crippen LogP contribution in [0.1, 0.15) is 0 Å². The number of aromatic amines is 1. The summed E-state index contributed by atoms with van der Waals surface area (Å²) in [6.07, 6.45) is 2.54. The van der Waals surface area contributed by atoms with Gasteiger partial charge in [0, 0.05) is 18.7 Å². The van der Waals surface area contributed by atoms with Crippen molar-refractivity contribution >= 4 is 5.97 Å². The summed E-state index contributed by atoms with van der Waals surface area (Å²) in [5, 5.41) is 17.9. The van der Waals surface area contributed by atoms with Gasteiger partial charge in [-0.1, -0.05) is 6.08 Å². The summed E-state index contributed by atoms with van der Waals surface area (Å²) in [5.41, 5.74) is 5.11. The van der Waals surface area contributed by atoms with E-state index in [0.29, 0.717) is 0 Å². The van der Waals surface area contributed by atoms with E-state index in [4.69, 9.17) is 15.9 Å². The van der Waals surface area contributed by atoms with Gasteiger partial charge in [0.05, 0.1) is 0 Å². The van der Waals surface area contributed by atoms with Crippen LogP contribution >= 0.6 is 0 Å². The molecule has 1 aromatic heterocycles. The summed E-state index contributed by atoms with van der Waals surface area (Å²) in [6, 6.07) is 1.09. The van der Waals surface area contributed by atoms with Crippen LogP contribution < -0.4 is 10.5 Å². The Labute approximate surface area is 79.6 Å². The first-order valence-electron chi connectivity index (χ1n) is 3.83. The Morgan fingerprint density at radius 1 is 1.64 bits per heavy atom. The van der Waals surface area contributed by atoms with Crippen molar-refractivity contribution in [3.8, 4) is 17.5 Å². The van der Waals surface area contributed by atoms with Crippen molar-refractivity contribution in [2.24, 2.45) is 5.73 Å². The van der Waals surface area contributed by atoms with E-state index < -0.39 is 11.8 Å². The van der Waals surface area contributed by atoms with Crippen LogP contribution in [0, 0.1) is 0 Å². The smallest absolute Gasteiger partial charge is 0.336 e. The van der Waals surface area contributed by atoms with Crippen LogP contribution in [0.15, 0.2) is 18.2 Å². The van der Waals surface area contributed by atoms with Crippen molar-refractivity contribution in [3.05, 3.63) is 18.2 Å². The number of hydrogen-bond acceptors (Lipinski definition) is 5. The van der Waals surface area contributed by atoms with E-state index in [9.17, 15) is 4.79 Å². The molecule has 0 fully saturated rings. The molecule has 0 spiro atoms. The summed E-state index contributed by atoms with van der Waals surface area (Å²) in [5.74, 6) is -1.50. The Morgan fingerprint density at radius 3 is 2.86 bits per heavy atom. The lowest BCUT2D eigenvalue weighted by atomic mass is 10.5. The molecule has 0 saturated carbocycles. The Kier molecular flexibility index (Phi) is 3.14. The predicted molar refractivity (Wildman–Crippen MR) is 48.0 cm³/mol. The molecule has 0 bridgehead atoms. The first-order chi connectivity index (χ1) is 6.63. The Bertz CT molecular complexity index is 356. The molecular formula is C8H10N2O4. The fourth-order valence-corrected chi connectivity index (χ4v) is 0.796. The SMILES string of the molecule is NCC=CC(=O)Oc1cc(O)[nH]c1O. The van der Waals surface area contributed by atoms with Crippen molar-refractivity contribution in [1.29, 1.82) is 0 Å². The molecule has 0 radical (unpaired) electrons. The second-order valence-electron chi connectivity index (χ2n) is 2.43. The molecule has 5 N–H and O–H groups in total. The number of nitrogens with two attached hydrogens (primary N) is 1. The highest BCUT2D eigenvalue weighted by molar-refractivity contribution is 5.84. The van der Waals surface area contributed by atoms with E-state index in [0.717, 1.165) is 12.1 Å². The number of aromatic hydroxyl groups is 2. The number of hydrogen-bond donors (Lipinski definition) is 4. The highest BCUT2D eigenvalue weighted by Crippen LogP contribution is 2.29. The average molecular weight is 198 g/mol. The number of nitrogens with one attached hydrogen (secondary N) is 1. The lowest BCUT2D eigenvalue weighted by Gasteiger charge is -1.96. The zero-order chi connectivity index (χ0) is 10.6. The number of carbonyl (C=O) groups is 1. The van der Waals surface area contributed by atoms with Gasteiger partial charge in [-0.2, -0.15) is 0 Å². The first-order valence-corrected chi connectivity index (χ1v) is 3.83. The highest BCUT2D eigenvalue weighted by Gasteiger charge is 2.10. The van der Waals surface area contributed by atoms with Crippen LogP contribution in [0.4, 0.5) is 0 Å². The molecule has 0 saturated heterocycles. The number of rotatable bonds is 3. The summed E-state index contributed by atoms with van der Waals surface area (Å²) in [7, 11) is 0. The van der Waals surface area contributed by atoms with Gasteiger partial charge < -0.3 is 20.7 Å². The molecule has 0 aliphatic rings. The number of H-pyrrole nitrogens is 1. The molecule has 0 atom stereocenters. The number of esters is 1. The van der Waals surface area contributed by atoms with Crippen molar-refractivity contribution in [3.63, 3.8) is 0 Å². The third kappa shape index (κ3) is 2.53. The van der Waals surface area contributed by atoms with Gasteiger partial charge in [-0.05, 0) is 0 Å². The maximum Gasteiger partial charge on any atom is 0.336 e. The van der Waals surface area contributed by atoms with Gasteiger partial charge >= 0.3 is 5.97 Å². The Balaban J connectivity index is 2.64. The molecule has 76 valence electrons. The monoisotopic (exact) mass is 198 g/mol. The van der Waals surface area contributed by atoms with E-state index in [-0.39, 0.29) is 18.2 Å². The minimum Gasteiger partial charge on any atom is -0.494 e. The summed E-state index contributed by atoms with van der Waals surface area (Å²) in [4.78, 5) is 13.1. The molecule has 1 heterocycles. The van der Waals surface area contributed by atoms with Gasteiger partial charge in [0.15, 0.2) is 11.6 Å². The Morgan fingerprint density at radius 2 is 2.36 bits per heavy atom. The van der Waals surface area contributed by atoms with Gasteiger partial charge in [-0.3, -0.25) is 4.98 Å². The highest BCUT2D eigenvalue weighted by atomic mass is 16.5. The third-order valence-electron chi connectivity index (χ3n) is 1.35. The molecule has 6 nitrogen and oxygen atoms in total. The first kappa shape index (κ1) is 10.1. The summed E-state index contributed by atoms with van der Waals surface area (Å²) in [6.45, 7) is 0.222. The van der Waals surface area contributed by atoms with E-state index in [1.54, 1.807) is 0 Å². The largest absolute Gasteiger partial charge is 0.494 e. The van der Waals surface area contributed by atoms with E-state index in [1.165, 1.54) is 6.08 Å². The molecule has 6 heteroatoms. The van der Waals surface area contributed by atoms with E-state index in [1.807, 2.05) is 0 Å². The predicted octanol–water partition coefficient (Wildman–Crippen LogP) is -0.154. The lowest BCUT2D eigenvalue weighted by molar-refractivity contribution is -0.129. The van der Waals surface area contributed by atoms with Gasteiger partial charge in [0.1, 0.15) is 0 Å². The molecule has 0 aliphatic carbocycles. The Hall–Kier alpha value is -1.95. The van der Waals surface area contributed by atoms with Gasteiger partial charge in [-0.15, -0.1) is 0 Å². The zero-order valence-electron chi connectivity index (χ0n) is 7.23. The van der Waals surface area contributed by atoms with Crippen molar-refractivity contribution in [2.45, 2.75) is 0 Å². The van der Waals surface area contributed by atoms with Gasteiger partial charge in [0.2, 0.25) is 5.88 Å². The van der Waals surface area contributed by atoms with Crippen molar-refractivity contribution in [2.75, 3.05) is 6.54 Å². The normalized spacial score (nSPS) is 10.6. The van der Waals surface area contributed by atoms with Crippen molar-refractivity contribution in [1.82, 2.24) is 4.98 Å². The maximum absolute atomic E-state index is 11.0. The van der Waals surface area contributed by atoms with Crippen LogP contribution in [-0.4, -0.2) is 27.7 Å². The quantitative estimate of drug-likeness (QED) is 0.399. The molecular weight excluding hydrogens is 188 g/mol. The standard InChI is InChI=1S/C8H10N2O4/c9-3-1-2-7(12)14-5-4-6(11)10-8(5)13/h1-2,4,10-11,13H,3,9H2. The van der Waals surface area contributed by atoms with E-state index >= 15 is 0 Å². The minimum absolute atomic E-state index is 0.130. The molecule has 14 heavy (non-hydrogen) atoms. The van der Waals surface area contributed by atoms with Crippen LogP contribution in [-0.2, 0) is 4.79 Å². The van der Waals surface area contributed by atoms with E-state index in [2.05, 4.69) is 9.72 Å². The molecule has 1 aromatic rings. The molecule has 1 rings (SSSR count).